The minimum absolute atomic E-state index is 0.0177. The average molecular weight is 1690 g/mol. The number of aliphatic hydroxyl groups is 1. The van der Waals surface area contributed by atoms with Crippen molar-refractivity contribution >= 4 is 6.09 Å². The number of carbonyl (C=O) groups is 1. The molecule has 6 aromatic carbocycles. The summed E-state index contributed by atoms with van der Waals surface area (Å²) in [6.45, 7) is 16.3. The fourth-order valence-electron chi connectivity index (χ4n) is 18.3. The maximum Gasteiger partial charge on any atom is 0.407 e. The van der Waals surface area contributed by atoms with E-state index in [1.807, 2.05) is 54.6 Å². The van der Waals surface area contributed by atoms with Crippen molar-refractivity contribution < 1.29 is 33.6 Å². The number of aryl methyl sites for hydroxylation is 2. The average Bonchev–Trinajstić information content (AvgIpc) is 1.61. The Kier molecular flexibility index (Phi) is 62.4. The molecule has 8 heteroatoms. The van der Waals surface area contributed by atoms with Gasteiger partial charge in [-0.05, 0) is 84.0 Å². The highest BCUT2D eigenvalue weighted by Gasteiger charge is 2.31. The van der Waals surface area contributed by atoms with Crippen LogP contribution in [-0.2, 0) is 4.74 Å². The van der Waals surface area contributed by atoms with Crippen LogP contribution in [-0.4, -0.2) is 44.2 Å². The van der Waals surface area contributed by atoms with Crippen LogP contribution in [0.3, 0.4) is 0 Å². The van der Waals surface area contributed by atoms with Crippen molar-refractivity contribution in [3.05, 3.63) is 178 Å². The van der Waals surface area contributed by atoms with Gasteiger partial charge >= 0.3 is 6.09 Å². The molecule has 8 nitrogen and oxygen atoms in total. The summed E-state index contributed by atoms with van der Waals surface area (Å²) in [5, 5.41) is 14.7. The summed E-state index contributed by atoms with van der Waals surface area (Å²) in [5.41, 5.74) is 10.5. The zero-order valence-corrected chi connectivity index (χ0v) is 80.1. The summed E-state index contributed by atoms with van der Waals surface area (Å²) in [6.07, 6.45) is 85.3. The molecule has 0 saturated heterocycles. The molecule has 0 aliphatic heterocycles. The number of ether oxygens (including phenoxy) is 5. The summed E-state index contributed by atoms with van der Waals surface area (Å²) >= 11 is 0. The predicted molar refractivity (Wildman–Crippen MR) is 530 cm³/mol. The van der Waals surface area contributed by atoms with Crippen LogP contribution in [0.5, 0.6) is 23.0 Å². The minimum atomic E-state index is -0.740. The van der Waals surface area contributed by atoms with E-state index in [0.717, 1.165) is 88.5 Å². The summed E-state index contributed by atoms with van der Waals surface area (Å²) in [4.78, 5) is 14.0. The zero-order valence-electron chi connectivity index (χ0n) is 80.1. The second-order valence-electron chi connectivity index (χ2n) is 37.0. The molecule has 0 fully saturated rings. The molecule has 123 heavy (non-hydrogen) atoms. The van der Waals surface area contributed by atoms with Gasteiger partial charge in [-0.3, -0.25) is 0 Å². The molecule has 2 N–H and O–H groups in total. The molecule has 0 aromatic heterocycles. The van der Waals surface area contributed by atoms with Gasteiger partial charge in [-0.1, -0.05) is 546 Å². The highest BCUT2D eigenvalue weighted by Crippen LogP contribution is 2.46. The number of aliphatic hydroxyl groups excluding tert-OH is 1. The maximum atomic E-state index is 14.0. The van der Waals surface area contributed by atoms with Gasteiger partial charge in [0.25, 0.3) is 0 Å². The Bertz CT molecular complexity index is 3410. The van der Waals surface area contributed by atoms with Gasteiger partial charge in [0.15, 0.2) is 23.0 Å². The van der Waals surface area contributed by atoms with Crippen molar-refractivity contribution in [2.24, 2.45) is 0 Å². The summed E-state index contributed by atoms with van der Waals surface area (Å²) < 4.78 is 32.7. The van der Waals surface area contributed by atoms with Gasteiger partial charge in [0.2, 0.25) is 0 Å². The highest BCUT2D eigenvalue weighted by molar-refractivity contribution is 5.79. The summed E-state index contributed by atoms with van der Waals surface area (Å²) in [6, 6.07) is 45.0. The smallest absolute Gasteiger partial charge is 0.407 e. The molecule has 1 amide bonds. The van der Waals surface area contributed by atoms with E-state index >= 15 is 0 Å². The fourth-order valence-corrected chi connectivity index (χ4v) is 18.3. The van der Waals surface area contributed by atoms with E-state index in [1.54, 1.807) is 0 Å². The Morgan fingerprint density at radius 3 is 0.805 bits per heavy atom. The fraction of sp³-hybridized carbons (Fsp3) is 0.678. The Morgan fingerprint density at radius 1 is 0.276 bits per heavy atom. The summed E-state index contributed by atoms with van der Waals surface area (Å²) in [5.74, 6) is 3.07. The Morgan fingerprint density at radius 2 is 0.512 bits per heavy atom. The van der Waals surface area contributed by atoms with Crippen LogP contribution < -0.4 is 24.3 Å². The second kappa shape index (κ2) is 72.7. The Hall–Kier alpha value is -6.25. The molecule has 0 heterocycles. The number of unbranched alkanes of at least 4 members (excludes halogenated alkanes) is 60. The lowest BCUT2D eigenvalue weighted by atomic mass is 9.96. The van der Waals surface area contributed by atoms with E-state index in [1.165, 1.54) is 401 Å². The molecule has 6 aromatic rings. The SMILES string of the molecule is CCCCCCCCCCCCCCCCCCOc1c(C)ccc(C(NC(=O)OCC2c3ccccc3-c3ccccc32)c2ccccc2)c1OCCCCCCCCCCCCCCCCCC.CCCCCCCCCCCCCCCCCCOc1c(C)ccc(C(O)c2ccccc2)c1OCCCCCCCCCCCCCCCCCC. The number of carbonyl (C=O) groups excluding carboxylic acids is 1. The van der Waals surface area contributed by atoms with Crippen LogP contribution >= 0.6 is 0 Å². The number of hydrogen-bond donors (Lipinski definition) is 2. The van der Waals surface area contributed by atoms with Crippen molar-refractivity contribution in [3.63, 3.8) is 0 Å². The van der Waals surface area contributed by atoms with Gasteiger partial charge in [-0.15, -0.1) is 0 Å². The van der Waals surface area contributed by atoms with Crippen LogP contribution in [0, 0.1) is 13.8 Å². The monoisotopic (exact) mass is 1690 g/mol. The standard InChI is InChI=1S/C65H97NO4.C50H86O3/c1-4-6-8-10-12-14-16-18-20-22-24-26-28-30-32-41-51-68-63-54(3)49-50-60(64(63)69-52-42-33-31-29-27-25-23-21-19-17-15-13-11-9-7-5-2)62(55-43-35-34-36-44-55)66-65(67)70-53-61-58-47-39-37-45-56(58)57-46-38-40-48-59(57)61;1-4-6-8-10-12-14-16-18-20-22-24-26-28-30-32-37-43-52-49-45(3)41-42-47(48(51)46-39-35-34-36-40-46)50(49)53-44-38-33-31-29-27-25-23-21-19-17-15-13-11-9-7-5-2/h34-40,43-50,61-62H,4-33,41-42,51-53H2,1-3H3,(H,66,67);34-36,39-42,48,51H,4-33,37-38,43-44H2,1-3H3. The molecule has 0 bridgehead atoms. The molecule has 0 spiro atoms. The van der Waals surface area contributed by atoms with Crippen molar-refractivity contribution in [2.45, 2.75) is 471 Å². The highest BCUT2D eigenvalue weighted by atomic mass is 16.6. The first-order valence-electron chi connectivity index (χ1n) is 52.5. The van der Waals surface area contributed by atoms with Crippen LogP contribution in [0.4, 0.5) is 4.79 Å². The molecular formula is C115H183NO7. The lowest BCUT2D eigenvalue weighted by Crippen LogP contribution is -2.31. The minimum Gasteiger partial charge on any atom is -0.489 e. The van der Waals surface area contributed by atoms with E-state index in [4.69, 9.17) is 23.7 Å². The third kappa shape index (κ3) is 46.9. The lowest BCUT2D eigenvalue weighted by Gasteiger charge is -2.25. The predicted octanol–water partition coefficient (Wildman–Crippen LogP) is 36.3. The number of fused-ring (bicyclic) bond motifs is 3. The number of rotatable bonds is 79. The molecule has 0 radical (unpaired) electrons. The lowest BCUT2D eigenvalue weighted by molar-refractivity contribution is 0.140. The summed E-state index contributed by atoms with van der Waals surface area (Å²) in [7, 11) is 0. The third-order valence-corrected chi connectivity index (χ3v) is 26.1. The van der Waals surface area contributed by atoms with Crippen LogP contribution in [0.2, 0.25) is 0 Å². The number of hydrogen-bond acceptors (Lipinski definition) is 7. The first-order chi connectivity index (χ1) is 60.8. The van der Waals surface area contributed by atoms with E-state index in [-0.39, 0.29) is 12.5 Å². The molecule has 1 aliphatic rings. The number of benzene rings is 6. The van der Waals surface area contributed by atoms with E-state index in [0.29, 0.717) is 26.4 Å². The molecule has 7 rings (SSSR count). The van der Waals surface area contributed by atoms with Gasteiger partial charge in [-0.2, -0.15) is 0 Å². The first-order valence-corrected chi connectivity index (χ1v) is 52.5. The van der Waals surface area contributed by atoms with Gasteiger partial charge < -0.3 is 34.1 Å². The van der Waals surface area contributed by atoms with Crippen molar-refractivity contribution in [1.82, 2.24) is 5.32 Å². The molecule has 0 saturated carbocycles. The zero-order chi connectivity index (χ0) is 87.0. The van der Waals surface area contributed by atoms with Gasteiger partial charge in [0, 0.05) is 17.0 Å². The second-order valence-corrected chi connectivity index (χ2v) is 37.0. The van der Waals surface area contributed by atoms with Gasteiger partial charge in [-0.25, -0.2) is 4.79 Å². The maximum absolute atomic E-state index is 14.0. The van der Waals surface area contributed by atoms with E-state index in [2.05, 4.69) is 126 Å². The molecule has 2 unspecified atom stereocenters. The van der Waals surface area contributed by atoms with E-state index in [9.17, 15) is 9.90 Å². The van der Waals surface area contributed by atoms with Crippen molar-refractivity contribution in [3.8, 4) is 34.1 Å². The quantitative estimate of drug-likeness (QED) is 0.0367. The Balaban J connectivity index is 0.000000396. The van der Waals surface area contributed by atoms with Crippen LogP contribution in [0.25, 0.3) is 11.1 Å². The Labute approximate surface area is 756 Å². The van der Waals surface area contributed by atoms with Crippen LogP contribution in [0.1, 0.15) is 501 Å². The third-order valence-electron chi connectivity index (χ3n) is 26.1. The molecule has 2 atom stereocenters. The first kappa shape index (κ1) is 106. The van der Waals surface area contributed by atoms with E-state index < -0.39 is 18.2 Å². The number of amides is 1. The topological polar surface area (TPSA) is 95.5 Å². The van der Waals surface area contributed by atoms with Crippen molar-refractivity contribution in [1.29, 1.82) is 0 Å². The van der Waals surface area contributed by atoms with Crippen molar-refractivity contribution in [2.75, 3.05) is 33.0 Å². The van der Waals surface area contributed by atoms with Gasteiger partial charge in [0.05, 0.1) is 32.5 Å². The molecule has 690 valence electrons. The largest absolute Gasteiger partial charge is 0.489 e. The normalized spacial score (nSPS) is 12.3. The number of alkyl carbamates (subject to hydrolysis) is 1. The van der Waals surface area contributed by atoms with Crippen LogP contribution in [0.15, 0.2) is 133 Å². The van der Waals surface area contributed by atoms with Gasteiger partial charge in [0.1, 0.15) is 12.7 Å². The molecular weight excluding hydrogens is 1510 g/mol. The number of nitrogens with one attached hydrogen (secondary N) is 1. The molecule has 1 aliphatic carbocycles.